The van der Waals surface area contributed by atoms with Crippen LogP contribution in [0.25, 0.3) is 10.9 Å². The minimum absolute atomic E-state index is 0.162. The number of nitrogens with zero attached hydrogens (tertiary/aromatic N) is 2. The number of rotatable bonds is 7. The van der Waals surface area contributed by atoms with Gasteiger partial charge in [0.15, 0.2) is 18.6 Å². The lowest BCUT2D eigenvalue weighted by atomic mass is 10.1. The van der Waals surface area contributed by atoms with Crippen LogP contribution in [-0.2, 0) is 7.05 Å². The molecule has 0 aliphatic rings. The first kappa shape index (κ1) is 23.8. The van der Waals surface area contributed by atoms with Crippen LogP contribution in [0.1, 0.15) is 10.4 Å². The van der Waals surface area contributed by atoms with Gasteiger partial charge in [0.2, 0.25) is 5.52 Å². The number of pyridine rings is 2. The number of fused-ring (bicyclic) bond motifs is 1. The second-order valence-corrected chi connectivity index (χ2v) is 9.13. The van der Waals surface area contributed by atoms with Gasteiger partial charge in [0.1, 0.15) is 7.05 Å². The average Bonchev–Trinajstić information content (AvgIpc) is 2.91. The van der Waals surface area contributed by atoms with E-state index in [0.29, 0.717) is 5.56 Å². The fraction of sp³-hybridized carbons (Fsp3) is 0.100. The number of aromatic amines is 1. The van der Waals surface area contributed by atoms with E-state index >= 15 is 0 Å². The molecule has 0 spiro atoms. The van der Waals surface area contributed by atoms with E-state index in [1.165, 1.54) is 0 Å². The number of H-pyrrole nitrogens is 1. The normalized spacial score (nSPS) is 10.7. The van der Waals surface area contributed by atoms with Crippen molar-refractivity contribution < 1.29 is 14.3 Å². The Morgan fingerprint density at radius 3 is 2.27 bits per heavy atom. The molecule has 37 heavy (non-hydrogen) atoms. The van der Waals surface area contributed by atoms with E-state index in [2.05, 4.69) is 44.0 Å². The standard InChI is InChI=1S/C30H28N6O/c1-35(2)26-11-12-27-28(13-16-31-29(27)20-26)33-22-7-9-23(10-8-22)34-30(37)21-5-4-6-25(19-21)32-24-14-17-36(3)18-15-24/h4-20H,1-3H3,(H2,31,33,34,37)/p+2. The maximum atomic E-state index is 12.9. The molecule has 0 bridgehead atoms. The molecular weight excluding hydrogens is 460 g/mol. The minimum Gasteiger partial charge on any atom is -0.377 e. The van der Waals surface area contributed by atoms with Gasteiger partial charge in [-0.3, -0.25) is 4.79 Å². The lowest BCUT2D eigenvalue weighted by Gasteiger charge is -2.13. The van der Waals surface area contributed by atoms with E-state index in [1.54, 1.807) is 6.07 Å². The highest BCUT2D eigenvalue weighted by atomic mass is 16.1. The van der Waals surface area contributed by atoms with Gasteiger partial charge in [-0.1, -0.05) is 6.07 Å². The Balaban J connectivity index is 1.26. The monoisotopic (exact) mass is 490 g/mol. The molecule has 0 aliphatic heterocycles. The number of benzene rings is 3. The van der Waals surface area contributed by atoms with Gasteiger partial charge in [-0.25, -0.2) is 9.55 Å². The molecule has 7 nitrogen and oxygen atoms in total. The maximum Gasteiger partial charge on any atom is 0.255 e. The molecule has 0 aliphatic carbocycles. The largest absolute Gasteiger partial charge is 0.377 e. The summed E-state index contributed by atoms with van der Waals surface area (Å²) in [6.07, 6.45) is 5.87. The number of aryl methyl sites for hydroxylation is 1. The third kappa shape index (κ3) is 5.67. The van der Waals surface area contributed by atoms with Gasteiger partial charge in [0.05, 0.1) is 16.8 Å². The molecule has 1 amide bonds. The molecule has 4 N–H and O–H groups in total. The van der Waals surface area contributed by atoms with Gasteiger partial charge < -0.3 is 20.9 Å². The van der Waals surface area contributed by atoms with Gasteiger partial charge in [-0.2, -0.15) is 0 Å². The number of aromatic nitrogens is 2. The van der Waals surface area contributed by atoms with Crippen molar-refractivity contribution in [2.75, 3.05) is 34.9 Å². The molecule has 3 aromatic carbocycles. The highest BCUT2D eigenvalue weighted by Crippen LogP contribution is 2.27. The number of hydrogen-bond acceptors (Lipinski definition) is 4. The van der Waals surface area contributed by atoms with Crippen LogP contribution in [0.5, 0.6) is 0 Å². The van der Waals surface area contributed by atoms with Gasteiger partial charge >= 0.3 is 0 Å². The van der Waals surface area contributed by atoms with Crippen LogP contribution in [0.3, 0.4) is 0 Å². The van der Waals surface area contributed by atoms with E-state index in [4.69, 9.17) is 0 Å². The summed E-state index contributed by atoms with van der Waals surface area (Å²) in [4.78, 5) is 18.3. The van der Waals surface area contributed by atoms with Crippen LogP contribution in [0, 0.1) is 0 Å². The van der Waals surface area contributed by atoms with E-state index in [0.717, 1.165) is 45.0 Å². The Kier molecular flexibility index (Phi) is 6.68. The first-order valence-corrected chi connectivity index (χ1v) is 12.1. The van der Waals surface area contributed by atoms with Crippen LogP contribution >= 0.6 is 0 Å². The van der Waals surface area contributed by atoms with Crippen LogP contribution < -0.4 is 30.4 Å². The molecule has 0 atom stereocenters. The molecule has 5 aromatic rings. The number of anilines is 6. The zero-order chi connectivity index (χ0) is 25.8. The number of carbonyl (C=O) groups excluding carboxylic acids is 1. The molecule has 184 valence electrons. The molecule has 2 heterocycles. The second-order valence-electron chi connectivity index (χ2n) is 9.13. The second kappa shape index (κ2) is 10.4. The van der Waals surface area contributed by atoms with E-state index in [-0.39, 0.29) is 5.91 Å². The molecule has 0 saturated carbocycles. The maximum absolute atomic E-state index is 12.9. The lowest BCUT2D eigenvalue weighted by molar-refractivity contribution is -0.671. The van der Waals surface area contributed by atoms with Crippen molar-refractivity contribution in [3.8, 4) is 0 Å². The number of amides is 1. The molecule has 2 aromatic heterocycles. The van der Waals surface area contributed by atoms with Crippen LogP contribution in [0.15, 0.2) is 104 Å². The van der Waals surface area contributed by atoms with Crippen molar-refractivity contribution in [1.82, 2.24) is 0 Å². The smallest absolute Gasteiger partial charge is 0.255 e. The summed E-state index contributed by atoms with van der Waals surface area (Å²) >= 11 is 0. The average molecular weight is 491 g/mol. The molecule has 0 saturated heterocycles. The zero-order valence-electron chi connectivity index (χ0n) is 21.1. The van der Waals surface area contributed by atoms with Crippen molar-refractivity contribution in [3.05, 3.63) is 109 Å². The summed E-state index contributed by atoms with van der Waals surface area (Å²) in [7, 11) is 6.03. The Morgan fingerprint density at radius 2 is 1.51 bits per heavy atom. The highest BCUT2D eigenvalue weighted by Gasteiger charge is 2.10. The summed E-state index contributed by atoms with van der Waals surface area (Å²) in [6, 6.07) is 27.5. The van der Waals surface area contributed by atoms with Gasteiger partial charge in [-0.05, 0) is 54.6 Å². The molecule has 5 rings (SSSR count). The van der Waals surface area contributed by atoms with Gasteiger partial charge in [-0.15, -0.1) is 0 Å². The summed E-state index contributed by atoms with van der Waals surface area (Å²) < 4.78 is 1.97. The molecule has 0 fully saturated rings. The quantitative estimate of drug-likeness (QED) is 0.271. The topological polar surface area (TPSA) is 74.4 Å². The summed E-state index contributed by atoms with van der Waals surface area (Å²) in [6.45, 7) is 0. The minimum atomic E-state index is -0.162. The van der Waals surface area contributed by atoms with Crippen LogP contribution in [0.4, 0.5) is 34.1 Å². The summed E-state index contributed by atoms with van der Waals surface area (Å²) in [5, 5.41) is 10.9. The Morgan fingerprint density at radius 1 is 0.784 bits per heavy atom. The van der Waals surface area contributed by atoms with Crippen LogP contribution in [0.2, 0.25) is 0 Å². The molecular formula is C30H30N6O+2. The van der Waals surface area contributed by atoms with E-state index < -0.39 is 0 Å². The third-order valence-corrected chi connectivity index (χ3v) is 6.11. The fourth-order valence-corrected chi connectivity index (χ4v) is 4.06. The first-order valence-electron chi connectivity index (χ1n) is 12.1. The van der Waals surface area contributed by atoms with Crippen molar-refractivity contribution in [1.29, 1.82) is 0 Å². The summed E-state index contributed by atoms with van der Waals surface area (Å²) in [5.74, 6) is -0.162. The first-order chi connectivity index (χ1) is 17.9. The lowest BCUT2D eigenvalue weighted by Crippen LogP contribution is -2.25. The molecule has 7 heteroatoms. The van der Waals surface area contributed by atoms with E-state index in [1.807, 2.05) is 105 Å². The van der Waals surface area contributed by atoms with Crippen molar-refractivity contribution in [2.45, 2.75) is 0 Å². The SMILES string of the molecule is CN(C)c1ccc2c(Nc3ccc(NC(=O)c4cccc(Nc5cc[n+](C)cc5)c4)cc3)cc[nH+]c2c1. The van der Waals surface area contributed by atoms with Gasteiger partial charge in [0.25, 0.3) is 5.91 Å². The Hall–Kier alpha value is -4.91. The fourth-order valence-electron chi connectivity index (χ4n) is 4.06. The Labute approximate surface area is 216 Å². The number of hydrogen-bond donors (Lipinski definition) is 3. The van der Waals surface area contributed by atoms with Crippen LogP contribution in [-0.4, -0.2) is 20.0 Å². The summed E-state index contributed by atoms with van der Waals surface area (Å²) in [5.41, 5.74) is 7.25. The van der Waals surface area contributed by atoms with Crippen molar-refractivity contribution in [2.24, 2.45) is 7.05 Å². The van der Waals surface area contributed by atoms with Crippen molar-refractivity contribution in [3.63, 3.8) is 0 Å². The number of nitrogens with one attached hydrogen (secondary N) is 4. The Bertz CT molecular complexity index is 1550. The van der Waals surface area contributed by atoms with E-state index in [9.17, 15) is 4.79 Å². The van der Waals surface area contributed by atoms with Gasteiger partial charge in [0, 0.05) is 66.7 Å². The van der Waals surface area contributed by atoms with Crippen molar-refractivity contribution >= 4 is 50.9 Å². The zero-order valence-corrected chi connectivity index (χ0v) is 21.1. The third-order valence-electron chi connectivity index (χ3n) is 6.11. The molecule has 0 radical (unpaired) electrons. The number of carbonyl (C=O) groups is 1. The predicted molar refractivity (Wildman–Crippen MR) is 150 cm³/mol. The predicted octanol–water partition coefficient (Wildman–Crippen LogP) is 5.28. The highest BCUT2D eigenvalue weighted by molar-refractivity contribution is 6.05. The molecule has 0 unspecified atom stereocenters.